The van der Waals surface area contributed by atoms with Gasteiger partial charge in [0.15, 0.2) is 5.82 Å². The normalized spacial score (nSPS) is 10.7. The number of methoxy groups -OCH3 is 1. The van der Waals surface area contributed by atoms with E-state index in [4.69, 9.17) is 14.9 Å². The Kier molecular flexibility index (Phi) is 3.55. The Morgan fingerprint density at radius 1 is 1.41 bits per heavy atom. The van der Waals surface area contributed by atoms with E-state index >= 15 is 0 Å². The highest BCUT2D eigenvalue weighted by atomic mass is 32.2. The predicted octanol–water partition coefficient (Wildman–Crippen LogP) is 1.05. The van der Waals surface area contributed by atoms with E-state index < -0.39 is 0 Å². The van der Waals surface area contributed by atoms with Crippen LogP contribution in [0.3, 0.4) is 0 Å². The van der Waals surface area contributed by atoms with Crippen LogP contribution >= 0.6 is 11.8 Å². The smallest absolute Gasteiger partial charge is 0.282 e. The third-order valence-corrected chi connectivity index (χ3v) is 2.50. The molecular weight excluding hydrogens is 242 g/mol. The summed E-state index contributed by atoms with van der Waals surface area (Å²) in [5.41, 5.74) is 5.66. The summed E-state index contributed by atoms with van der Waals surface area (Å²) in [5.74, 6) is 1.41. The minimum atomic E-state index is 0.307. The van der Waals surface area contributed by atoms with E-state index in [-0.39, 0.29) is 0 Å². The molecule has 17 heavy (non-hydrogen) atoms. The molecule has 0 saturated heterocycles. The van der Waals surface area contributed by atoms with Crippen molar-refractivity contribution in [2.75, 3.05) is 12.8 Å². The van der Waals surface area contributed by atoms with Crippen LogP contribution < -0.4 is 5.73 Å². The molecule has 0 fully saturated rings. The van der Waals surface area contributed by atoms with Gasteiger partial charge in [0.25, 0.3) is 5.22 Å². The van der Waals surface area contributed by atoms with E-state index in [1.54, 1.807) is 20.1 Å². The van der Waals surface area contributed by atoms with Gasteiger partial charge in [-0.1, -0.05) is 0 Å². The molecule has 0 atom stereocenters. The lowest BCUT2D eigenvalue weighted by molar-refractivity contribution is 0.177. The molecule has 0 amide bonds. The van der Waals surface area contributed by atoms with Crippen molar-refractivity contribution in [2.24, 2.45) is 0 Å². The minimum absolute atomic E-state index is 0.307. The Labute approximate surface area is 102 Å². The van der Waals surface area contributed by atoms with E-state index in [0.717, 1.165) is 0 Å². The molecular formula is C9H11N5O2S. The molecule has 0 aliphatic heterocycles. The van der Waals surface area contributed by atoms with E-state index in [1.807, 2.05) is 0 Å². The standard InChI is InChI=1S/C9H11N5O2S/c1-5-13-14-9(16-5)17-8-3-6(10)11-7(12-8)4-15-2/h3H,4H2,1-2H3,(H2,10,11,12). The lowest BCUT2D eigenvalue weighted by atomic mass is 10.5. The highest BCUT2D eigenvalue weighted by molar-refractivity contribution is 7.99. The zero-order valence-corrected chi connectivity index (χ0v) is 10.2. The van der Waals surface area contributed by atoms with Crippen LogP contribution in [-0.4, -0.2) is 27.3 Å². The Balaban J connectivity index is 2.20. The van der Waals surface area contributed by atoms with Crippen LogP contribution in [0.1, 0.15) is 11.7 Å². The molecule has 0 unspecified atom stereocenters. The summed E-state index contributed by atoms with van der Waals surface area (Å²) in [6, 6.07) is 1.64. The first-order valence-electron chi connectivity index (χ1n) is 4.77. The molecule has 7 nitrogen and oxygen atoms in total. The van der Waals surface area contributed by atoms with Gasteiger partial charge in [0.2, 0.25) is 5.89 Å². The Morgan fingerprint density at radius 2 is 2.24 bits per heavy atom. The number of aryl methyl sites for hydroxylation is 1. The summed E-state index contributed by atoms with van der Waals surface area (Å²) < 4.78 is 10.2. The van der Waals surface area contributed by atoms with E-state index in [0.29, 0.717) is 34.4 Å². The van der Waals surface area contributed by atoms with Crippen LogP contribution in [0, 0.1) is 6.92 Å². The van der Waals surface area contributed by atoms with Crippen LogP contribution in [0.2, 0.25) is 0 Å². The Morgan fingerprint density at radius 3 is 2.88 bits per heavy atom. The average Bonchev–Trinajstić information content (AvgIpc) is 2.63. The number of hydrogen-bond acceptors (Lipinski definition) is 8. The maximum absolute atomic E-state index is 5.66. The first-order valence-corrected chi connectivity index (χ1v) is 5.59. The number of nitrogens with zero attached hydrogens (tertiary/aromatic N) is 4. The number of hydrogen-bond donors (Lipinski definition) is 1. The van der Waals surface area contributed by atoms with Crippen molar-refractivity contribution < 1.29 is 9.15 Å². The second-order valence-corrected chi connectivity index (χ2v) is 4.14. The molecule has 0 aliphatic carbocycles. The number of nitrogen functional groups attached to an aromatic ring is 1. The molecule has 8 heteroatoms. The molecule has 0 saturated carbocycles. The SMILES string of the molecule is COCc1nc(N)cc(Sc2nnc(C)o2)n1. The van der Waals surface area contributed by atoms with Crippen molar-refractivity contribution >= 4 is 17.6 Å². The largest absolute Gasteiger partial charge is 0.416 e. The summed E-state index contributed by atoms with van der Waals surface area (Å²) >= 11 is 1.24. The van der Waals surface area contributed by atoms with E-state index in [1.165, 1.54) is 11.8 Å². The number of ether oxygens (including phenoxy) is 1. The molecule has 0 bridgehead atoms. The van der Waals surface area contributed by atoms with Crippen molar-refractivity contribution in [3.05, 3.63) is 17.8 Å². The highest BCUT2D eigenvalue weighted by Gasteiger charge is 2.09. The number of anilines is 1. The van der Waals surface area contributed by atoms with E-state index in [9.17, 15) is 0 Å². The number of aromatic nitrogens is 4. The van der Waals surface area contributed by atoms with Crippen LogP contribution in [0.5, 0.6) is 0 Å². The molecule has 2 aromatic heterocycles. The number of nitrogens with two attached hydrogens (primary N) is 1. The summed E-state index contributed by atoms with van der Waals surface area (Å²) in [7, 11) is 1.57. The lowest BCUT2D eigenvalue weighted by Gasteiger charge is -2.02. The summed E-state index contributed by atoms with van der Waals surface area (Å²) in [6.45, 7) is 2.03. The molecule has 0 aromatic carbocycles. The second-order valence-electron chi connectivity index (χ2n) is 3.17. The van der Waals surface area contributed by atoms with Crippen LogP contribution in [0.15, 0.2) is 20.7 Å². The van der Waals surface area contributed by atoms with Crippen LogP contribution in [0.25, 0.3) is 0 Å². The molecule has 2 heterocycles. The van der Waals surface area contributed by atoms with Crippen molar-refractivity contribution in [2.45, 2.75) is 23.8 Å². The third kappa shape index (κ3) is 3.14. The minimum Gasteiger partial charge on any atom is -0.416 e. The average molecular weight is 253 g/mol. The molecule has 2 rings (SSSR count). The first-order chi connectivity index (χ1) is 8.17. The van der Waals surface area contributed by atoms with Gasteiger partial charge >= 0.3 is 0 Å². The fourth-order valence-electron chi connectivity index (χ4n) is 1.15. The van der Waals surface area contributed by atoms with Crippen molar-refractivity contribution in [3.8, 4) is 0 Å². The zero-order valence-electron chi connectivity index (χ0n) is 9.38. The van der Waals surface area contributed by atoms with Gasteiger partial charge in [0, 0.05) is 20.1 Å². The van der Waals surface area contributed by atoms with Crippen molar-refractivity contribution in [1.82, 2.24) is 20.2 Å². The van der Waals surface area contributed by atoms with Gasteiger partial charge in [-0.2, -0.15) is 0 Å². The molecule has 2 N–H and O–H groups in total. The van der Waals surface area contributed by atoms with Crippen molar-refractivity contribution in [1.29, 1.82) is 0 Å². The first kappa shape index (κ1) is 11.8. The monoisotopic (exact) mass is 253 g/mol. The van der Waals surface area contributed by atoms with Crippen LogP contribution in [-0.2, 0) is 11.3 Å². The molecule has 0 aliphatic rings. The van der Waals surface area contributed by atoms with Gasteiger partial charge in [0.05, 0.1) is 0 Å². The maximum Gasteiger partial charge on any atom is 0.282 e. The zero-order chi connectivity index (χ0) is 12.3. The molecule has 0 radical (unpaired) electrons. The molecule has 90 valence electrons. The maximum atomic E-state index is 5.66. The Hall–Kier alpha value is -1.67. The quantitative estimate of drug-likeness (QED) is 0.807. The molecule has 0 spiro atoms. The fourth-order valence-corrected chi connectivity index (χ4v) is 1.90. The van der Waals surface area contributed by atoms with Crippen LogP contribution in [0.4, 0.5) is 5.82 Å². The molecule has 2 aromatic rings. The lowest BCUT2D eigenvalue weighted by Crippen LogP contribution is -2.01. The van der Waals surface area contributed by atoms with E-state index in [2.05, 4.69) is 20.2 Å². The second kappa shape index (κ2) is 5.11. The number of rotatable bonds is 4. The fraction of sp³-hybridized carbons (Fsp3) is 0.333. The topological polar surface area (TPSA) is 100.0 Å². The summed E-state index contributed by atoms with van der Waals surface area (Å²) in [5, 5.41) is 8.65. The Bertz CT molecular complexity index is 516. The predicted molar refractivity (Wildman–Crippen MR) is 60.3 cm³/mol. The van der Waals surface area contributed by atoms with Gasteiger partial charge in [-0.05, 0) is 11.8 Å². The third-order valence-electron chi connectivity index (χ3n) is 1.74. The highest BCUT2D eigenvalue weighted by Crippen LogP contribution is 2.25. The summed E-state index contributed by atoms with van der Waals surface area (Å²) in [6.07, 6.45) is 0. The van der Waals surface area contributed by atoms with Gasteiger partial charge in [-0.15, -0.1) is 10.2 Å². The van der Waals surface area contributed by atoms with Gasteiger partial charge in [0.1, 0.15) is 17.5 Å². The van der Waals surface area contributed by atoms with Gasteiger partial charge < -0.3 is 14.9 Å². The van der Waals surface area contributed by atoms with Crippen molar-refractivity contribution in [3.63, 3.8) is 0 Å². The summed E-state index contributed by atoms with van der Waals surface area (Å²) in [4.78, 5) is 8.28. The van der Waals surface area contributed by atoms with Gasteiger partial charge in [-0.25, -0.2) is 9.97 Å². The van der Waals surface area contributed by atoms with Gasteiger partial charge in [-0.3, -0.25) is 0 Å².